The molecule has 0 atom stereocenters. The lowest BCUT2D eigenvalue weighted by molar-refractivity contribution is -0.141. The van der Waals surface area contributed by atoms with Crippen LogP contribution in [0.2, 0.25) is 0 Å². The van der Waals surface area contributed by atoms with Crippen molar-refractivity contribution in [3.8, 4) is 5.75 Å². The second kappa shape index (κ2) is 6.78. The van der Waals surface area contributed by atoms with E-state index in [1.807, 2.05) is 19.9 Å². The first-order chi connectivity index (χ1) is 9.03. The Hall–Kier alpha value is -2.04. The zero-order chi connectivity index (χ0) is 14.4. The van der Waals surface area contributed by atoms with Crippen molar-refractivity contribution in [2.24, 2.45) is 0 Å². The lowest BCUT2D eigenvalue weighted by atomic mass is 10.1. The Morgan fingerprint density at radius 3 is 2.47 bits per heavy atom. The summed E-state index contributed by atoms with van der Waals surface area (Å²) in [7, 11) is 2.81. The third-order valence-electron chi connectivity index (χ3n) is 2.80. The van der Waals surface area contributed by atoms with Gasteiger partial charge in [0.2, 0.25) is 0 Å². The number of carbonyl (C=O) groups excluding carboxylic acids is 2. The average molecular weight is 265 g/mol. The van der Waals surface area contributed by atoms with Crippen LogP contribution in [0.25, 0.3) is 0 Å². The van der Waals surface area contributed by atoms with Crippen molar-refractivity contribution >= 4 is 11.9 Å². The highest BCUT2D eigenvalue weighted by molar-refractivity contribution is 5.98. The van der Waals surface area contributed by atoms with Gasteiger partial charge in [-0.25, -0.2) is 0 Å². The molecule has 0 heterocycles. The molecular weight excluding hydrogens is 246 g/mol. The van der Waals surface area contributed by atoms with E-state index in [1.165, 1.54) is 19.1 Å². The fourth-order valence-electron chi connectivity index (χ4n) is 1.71. The van der Waals surface area contributed by atoms with Gasteiger partial charge in [0.25, 0.3) is 5.91 Å². The maximum atomic E-state index is 12.4. The van der Waals surface area contributed by atoms with Crippen molar-refractivity contribution in [3.63, 3.8) is 0 Å². The molecule has 0 spiro atoms. The van der Waals surface area contributed by atoms with Gasteiger partial charge in [-0.15, -0.1) is 0 Å². The van der Waals surface area contributed by atoms with Gasteiger partial charge in [-0.1, -0.05) is 11.6 Å². The highest BCUT2D eigenvalue weighted by atomic mass is 16.5. The minimum atomic E-state index is -0.443. The maximum absolute atomic E-state index is 12.4. The number of hydrogen-bond acceptors (Lipinski definition) is 4. The number of ether oxygens (including phenoxy) is 2. The summed E-state index contributed by atoms with van der Waals surface area (Å²) >= 11 is 0. The molecule has 0 unspecified atom stereocenters. The van der Waals surface area contributed by atoms with Gasteiger partial charge in [-0.2, -0.15) is 0 Å². The number of methoxy groups -OCH3 is 2. The molecule has 0 N–H and O–H groups in total. The van der Waals surface area contributed by atoms with Crippen LogP contribution >= 0.6 is 0 Å². The molecule has 0 aliphatic heterocycles. The first-order valence-corrected chi connectivity index (χ1v) is 6.04. The summed E-state index contributed by atoms with van der Waals surface area (Å²) in [5, 5.41) is 0. The van der Waals surface area contributed by atoms with Crippen molar-refractivity contribution < 1.29 is 19.1 Å². The number of esters is 1. The van der Waals surface area contributed by atoms with Crippen LogP contribution in [0, 0.1) is 6.92 Å². The second-order valence-electron chi connectivity index (χ2n) is 4.10. The fourth-order valence-corrected chi connectivity index (χ4v) is 1.71. The van der Waals surface area contributed by atoms with Crippen LogP contribution in [0.3, 0.4) is 0 Å². The van der Waals surface area contributed by atoms with Crippen LogP contribution in [0.4, 0.5) is 0 Å². The molecule has 0 aliphatic rings. The summed E-state index contributed by atoms with van der Waals surface area (Å²) in [6.45, 7) is 4.06. The standard InChI is InChI=1S/C14H19NO4/c1-5-15(9-13(16)19-4)14(17)11-8-10(2)6-7-12(11)18-3/h6-8H,5,9H2,1-4H3. The number of nitrogens with zero attached hydrogens (tertiary/aromatic N) is 1. The maximum Gasteiger partial charge on any atom is 0.325 e. The van der Waals surface area contributed by atoms with Gasteiger partial charge >= 0.3 is 5.97 Å². The molecule has 0 radical (unpaired) electrons. The zero-order valence-electron chi connectivity index (χ0n) is 11.7. The van der Waals surface area contributed by atoms with Crippen LogP contribution < -0.4 is 4.74 Å². The molecular formula is C14H19NO4. The van der Waals surface area contributed by atoms with E-state index in [-0.39, 0.29) is 12.5 Å². The Balaban J connectivity index is 3.03. The van der Waals surface area contributed by atoms with Crippen LogP contribution in [0.5, 0.6) is 5.75 Å². The molecule has 0 aliphatic carbocycles. The average Bonchev–Trinajstić information content (AvgIpc) is 2.43. The quantitative estimate of drug-likeness (QED) is 0.759. The lowest BCUT2D eigenvalue weighted by Gasteiger charge is -2.20. The molecule has 0 saturated heterocycles. The van der Waals surface area contributed by atoms with E-state index in [2.05, 4.69) is 4.74 Å². The summed E-state index contributed by atoms with van der Waals surface area (Å²) < 4.78 is 9.77. The van der Waals surface area contributed by atoms with E-state index in [1.54, 1.807) is 12.1 Å². The van der Waals surface area contributed by atoms with Crippen molar-refractivity contribution in [2.45, 2.75) is 13.8 Å². The largest absolute Gasteiger partial charge is 0.496 e. The molecule has 5 heteroatoms. The number of carbonyl (C=O) groups is 2. The van der Waals surface area contributed by atoms with E-state index in [0.29, 0.717) is 17.9 Å². The third kappa shape index (κ3) is 3.71. The molecule has 0 aromatic heterocycles. The van der Waals surface area contributed by atoms with Crippen molar-refractivity contribution in [2.75, 3.05) is 27.3 Å². The molecule has 19 heavy (non-hydrogen) atoms. The molecule has 1 amide bonds. The summed E-state index contributed by atoms with van der Waals surface area (Å²) in [5.41, 5.74) is 1.41. The first-order valence-electron chi connectivity index (χ1n) is 6.04. The highest BCUT2D eigenvalue weighted by Gasteiger charge is 2.21. The lowest BCUT2D eigenvalue weighted by Crippen LogP contribution is -2.36. The summed E-state index contributed by atoms with van der Waals surface area (Å²) in [6, 6.07) is 5.36. The Morgan fingerprint density at radius 1 is 1.26 bits per heavy atom. The fraction of sp³-hybridized carbons (Fsp3) is 0.429. The van der Waals surface area contributed by atoms with Crippen molar-refractivity contribution in [1.29, 1.82) is 0 Å². The molecule has 1 aromatic carbocycles. The number of amides is 1. The Morgan fingerprint density at radius 2 is 1.95 bits per heavy atom. The van der Waals surface area contributed by atoms with E-state index in [9.17, 15) is 9.59 Å². The van der Waals surface area contributed by atoms with Gasteiger partial charge in [0.1, 0.15) is 12.3 Å². The zero-order valence-corrected chi connectivity index (χ0v) is 11.7. The first kappa shape index (κ1) is 15.0. The summed E-state index contributed by atoms with van der Waals surface area (Å²) in [5.74, 6) is -0.186. The molecule has 0 bridgehead atoms. The van der Waals surface area contributed by atoms with Crippen LogP contribution in [0.15, 0.2) is 18.2 Å². The van der Waals surface area contributed by atoms with Crippen LogP contribution in [-0.4, -0.2) is 44.1 Å². The van der Waals surface area contributed by atoms with Gasteiger partial charge in [0, 0.05) is 6.54 Å². The van der Waals surface area contributed by atoms with E-state index < -0.39 is 5.97 Å². The van der Waals surface area contributed by atoms with Gasteiger partial charge < -0.3 is 14.4 Å². The molecule has 0 saturated carbocycles. The normalized spacial score (nSPS) is 9.89. The van der Waals surface area contributed by atoms with E-state index in [0.717, 1.165) is 5.56 Å². The number of benzene rings is 1. The van der Waals surface area contributed by atoms with Gasteiger partial charge in [-0.05, 0) is 26.0 Å². The Labute approximate surface area is 113 Å². The molecule has 104 valence electrons. The topological polar surface area (TPSA) is 55.8 Å². The van der Waals surface area contributed by atoms with Crippen molar-refractivity contribution in [3.05, 3.63) is 29.3 Å². The molecule has 0 fully saturated rings. The molecule has 5 nitrogen and oxygen atoms in total. The van der Waals surface area contributed by atoms with Crippen LogP contribution in [-0.2, 0) is 9.53 Å². The minimum Gasteiger partial charge on any atom is -0.496 e. The monoisotopic (exact) mass is 265 g/mol. The van der Waals surface area contributed by atoms with E-state index in [4.69, 9.17) is 4.74 Å². The Bertz CT molecular complexity index is 471. The number of likely N-dealkylation sites (N-methyl/N-ethyl adjacent to an activating group) is 1. The predicted molar refractivity (Wildman–Crippen MR) is 71.3 cm³/mol. The van der Waals surface area contributed by atoms with Gasteiger partial charge in [0.05, 0.1) is 19.8 Å². The van der Waals surface area contributed by atoms with Crippen LogP contribution in [0.1, 0.15) is 22.8 Å². The number of aryl methyl sites for hydroxylation is 1. The summed E-state index contributed by atoms with van der Waals surface area (Å²) in [6.07, 6.45) is 0. The van der Waals surface area contributed by atoms with E-state index >= 15 is 0 Å². The smallest absolute Gasteiger partial charge is 0.325 e. The molecule has 1 aromatic rings. The van der Waals surface area contributed by atoms with Crippen molar-refractivity contribution in [1.82, 2.24) is 4.90 Å². The SMILES string of the molecule is CCN(CC(=O)OC)C(=O)c1cc(C)ccc1OC. The summed E-state index contributed by atoms with van der Waals surface area (Å²) in [4.78, 5) is 25.1. The minimum absolute atomic E-state index is 0.0665. The second-order valence-corrected chi connectivity index (χ2v) is 4.10. The molecule has 1 rings (SSSR count). The number of rotatable bonds is 5. The Kier molecular flexibility index (Phi) is 5.36. The predicted octanol–water partition coefficient (Wildman–Crippen LogP) is 1.64. The van der Waals surface area contributed by atoms with Gasteiger partial charge in [0.15, 0.2) is 0 Å². The number of hydrogen-bond donors (Lipinski definition) is 0. The highest BCUT2D eigenvalue weighted by Crippen LogP contribution is 2.21. The van der Waals surface area contributed by atoms with Gasteiger partial charge in [-0.3, -0.25) is 9.59 Å². The third-order valence-corrected chi connectivity index (χ3v) is 2.80.